The summed E-state index contributed by atoms with van der Waals surface area (Å²) in [5, 5.41) is 0. The lowest BCUT2D eigenvalue weighted by Gasteiger charge is -2.39. The van der Waals surface area contributed by atoms with Gasteiger partial charge in [-0.05, 0) is 75.7 Å². The van der Waals surface area contributed by atoms with E-state index >= 15 is 0 Å². The molecule has 0 N–H and O–H groups in total. The zero-order chi connectivity index (χ0) is 18.1. The Labute approximate surface area is 155 Å². The number of likely N-dealkylation sites (N-methyl/N-ethyl adjacent to an activating group) is 1. The van der Waals surface area contributed by atoms with Crippen molar-refractivity contribution in [2.45, 2.75) is 96.1 Å². The molecular weight excluding hydrogens is 310 g/mol. The number of ether oxygens (including phenoxy) is 1. The molecule has 0 aliphatic heterocycles. The second kappa shape index (κ2) is 11.0. The molecule has 2 fully saturated rings. The summed E-state index contributed by atoms with van der Waals surface area (Å²) in [5.41, 5.74) is 0. The molecule has 0 unspecified atom stereocenters. The van der Waals surface area contributed by atoms with Crippen molar-refractivity contribution in [3.8, 4) is 0 Å². The largest absolute Gasteiger partial charge is 0.378 e. The van der Waals surface area contributed by atoms with E-state index in [1.807, 2.05) is 11.9 Å². The minimum absolute atomic E-state index is 0.0695. The normalized spacial score (nSPS) is 30.0. The Kier molecular flexibility index (Phi) is 9.02. The van der Waals surface area contributed by atoms with Crippen LogP contribution in [0.25, 0.3) is 0 Å². The van der Waals surface area contributed by atoms with Crippen LogP contribution in [0.5, 0.6) is 0 Å². The summed E-state index contributed by atoms with van der Waals surface area (Å²) in [6, 6.07) is 0.421. The monoisotopic (exact) mass is 349 g/mol. The Hall–Kier alpha value is -0.830. The number of nitrogens with zero attached hydrogens (tertiary/aromatic N) is 1. The average Bonchev–Trinajstić information content (AvgIpc) is 2.67. The van der Waals surface area contributed by atoms with E-state index in [1.54, 1.807) is 0 Å². The van der Waals surface area contributed by atoms with Gasteiger partial charge in [-0.25, -0.2) is 0 Å². The van der Waals surface area contributed by atoms with Crippen molar-refractivity contribution in [1.29, 1.82) is 0 Å². The number of hydrogen-bond acceptors (Lipinski definition) is 2. The molecule has 3 nitrogen and oxygen atoms in total. The smallest absolute Gasteiger partial charge is 0.245 e. The van der Waals surface area contributed by atoms with Crippen LogP contribution in [0.2, 0.25) is 0 Å². The Bertz CT molecular complexity index is 393. The quantitative estimate of drug-likeness (QED) is 0.415. The zero-order valence-corrected chi connectivity index (χ0v) is 16.5. The fourth-order valence-corrected chi connectivity index (χ4v) is 4.79. The molecule has 25 heavy (non-hydrogen) atoms. The minimum Gasteiger partial charge on any atom is -0.378 e. The summed E-state index contributed by atoms with van der Waals surface area (Å²) in [7, 11) is 1.93. The van der Waals surface area contributed by atoms with E-state index in [1.165, 1.54) is 70.3 Å². The van der Waals surface area contributed by atoms with Crippen LogP contribution >= 0.6 is 0 Å². The molecule has 0 bridgehead atoms. The first-order chi connectivity index (χ1) is 12.2. The van der Waals surface area contributed by atoms with E-state index in [0.717, 1.165) is 31.3 Å². The molecule has 0 spiro atoms. The van der Waals surface area contributed by atoms with Crippen LogP contribution in [0.15, 0.2) is 12.7 Å². The van der Waals surface area contributed by atoms with Gasteiger partial charge >= 0.3 is 0 Å². The van der Waals surface area contributed by atoms with Crippen molar-refractivity contribution in [3.05, 3.63) is 12.7 Å². The second-order valence-corrected chi connectivity index (χ2v) is 8.19. The van der Waals surface area contributed by atoms with E-state index in [4.69, 9.17) is 4.74 Å². The maximum Gasteiger partial charge on any atom is 0.245 e. The highest BCUT2D eigenvalue weighted by molar-refractivity contribution is 5.87. The van der Waals surface area contributed by atoms with Crippen LogP contribution in [0.1, 0.15) is 84.0 Å². The fraction of sp³-hybridized carbons (Fsp3) is 0.864. The van der Waals surface area contributed by atoms with E-state index < -0.39 is 0 Å². The summed E-state index contributed by atoms with van der Waals surface area (Å²) in [6.45, 7) is 6.82. The van der Waals surface area contributed by atoms with Gasteiger partial charge in [-0.2, -0.15) is 0 Å². The standard InChI is InChI=1S/C22H39NO2/c1-4-6-7-8-17-25-21-15-11-19(12-16-21)18-9-13-20(14-10-18)23(3)22(24)5-2/h5,18-21H,2,4,6-17H2,1,3H3. The van der Waals surface area contributed by atoms with Gasteiger partial charge in [-0.3, -0.25) is 4.79 Å². The SMILES string of the molecule is C=CC(=O)N(C)C1CCC(C2CCC(OCCCCCC)CC2)CC1. The van der Waals surface area contributed by atoms with Gasteiger partial charge in [0.25, 0.3) is 0 Å². The summed E-state index contributed by atoms with van der Waals surface area (Å²) >= 11 is 0. The molecule has 3 heteroatoms. The fourth-order valence-electron chi connectivity index (χ4n) is 4.79. The summed E-state index contributed by atoms with van der Waals surface area (Å²) < 4.78 is 6.10. The molecule has 2 saturated carbocycles. The van der Waals surface area contributed by atoms with Crippen LogP contribution in [-0.4, -0.2) is 36.6 Å². The van der Waals surface area contributed by atoms with Crippen molar-refractivity contribution in [1.82, 2.24) is 4.90 Å². The van der Waals surface area contributed by atoms with Gasteiger partial charge in [-0.1, -0.05) is 32.8 Å². The van der Waals surface area contributed by atoms with Crippen LogP contribution in [0, 0.1) is 11.8 Å². The van der Waals surface area contributed by atoms with Crippen molar-refractivity contribution in [2.24, 2.45) is 11.8 Å². The molecule has 2 aliphatic carbocycles. The Balaban J connectivity index is 1.62. The lowest BCUT2D eigenvalue weighted by Crippen LogP contribution is -2.40. The van der Waals surface area contributed by atoms with E-state index in [2.05, 4.69) is 13.5 Å². The van der Waals surface area contributed by atoms with Crippen LogP contribution < -0.4 is 0 Å². The molecule has 0 radical (unpaired) electrons. The molecule has 2 aliphatic rings. The first-order valence-electron chi connectivity index (χ1n) is 10.7. The third kappa shape index (κ3) is 6.44. The summed E-state index contributed by atoms with van der Waals surface area (Å²) in [4.78, 5) is 13.7. The number of amides is 1. The molecule has 0 aromatic rings. The lowest BCUT2D eigenvalue weighted by molar-refractivity contribution is -0.127. The van der Waals surface area contributed by atoms with Crippen LogP contribution in [0.3, 0.4) is 0 Å². The highest BCUT2D eigenvalue weighted by Gasteiger charge is 2.32. The van der Waals surface area contributed by atoms with E-state index in [-0.39, 0.29) is 5.91 Å². The minimum atomic E-state index is 0.0695. The topological polar surface area (TPSA) is 29.5 Å². The Morgan fingerprint density at radius 1 is 1.00 bits per heavy atom. The molecule has 144 valence electrons. The highest BCUT2D eigenvalue weighted by Crippen LogP contribution is 2.39. The van der Waals surface area contributed by atoms with Crippen molar-refractivity contribution < 1.29 is 9.53 Å². The predicted molar refractivity (Wildman–Crippen MR) is 105 cm³/mol. The van der Waals surface area contributed by atoms with Crippen molar-refractivity contribution in [3.63, 3.8) is 0 Å². The Morgan fingerprint density at radius 3 is 2.16 bits per heavy atom. The van der Waals surface area contributed by atoms with Gasteiger partial charge in [0.2, 0.25) is 5.91 Å². The van der Waals surface area contributed by atoms with Crippen molar-refractivity contribution >= 4 is 5.91 Å². The average molecular weight is 350 g/mol. The van der Waals surface area contributed by atoms with Gasteiger partial charge in [0.15, 0.2) is 0 Å². The predicted octanol–water partition coefficient (Wildman–Crippen LogP) is 5.35. The maximum atomic E-state index is 11.8. The molecule has 0 atom stereocenters. The molecule has 2 rings (SSSR count). The second-order valence-electron chi connectivity index (χ2n) is 8.19. The van der Waals surface area contributed by atoms with Crippen LogP contribution in [-0.2, 0) is 9.53 Å². The van der Waals surface area contributed by atoms with Crippen LogP contribution in [0.4, 0.5) is 0 Å². The molecule has 0 aromatic carbocycles. The number of unbranched alkanes of at least 4 members (excludes halogenated alkanes) is 3. The van der Waals surface area contributed by atoms with Gasteiger partial charge < -0.3 is 9.64 Å². The summed E-state index contributed by atoms with van der Waals surface area (Å²) in [6.07, 6.45) is 17.2. The number of carbonyl (C=O) groups excluding carboxylic acids is 1. The maximum absolute atomic E-state index is 11.8. The van der Waals surface area contributed by atoms with Gasteiger partial charge in [0, 0.05) is 19.7 Å². The lowest BCUT2D eigenvalue weighted by atomic mass is 9.71. The summed E-state index contributed by atoms with van der Waals surface area (Å²) in [5.74, 6) is 1.83. The van der Waals surface area contributed by atoms with Crippen molar-refractivity contribution in [2.75, 3.05) is 13.7 Å². The molecule has 0 heterocycles. The molecule has 1 amide bonds. The van der Waals surface area contributed by atoms with Gasteiger partial charge in [-0.15, -0.1) is 0 Å². The Morgan fingerprint density at radius 2 is 1.60 bits per heavy atom. The van der Waals surface area contributed by atoms with Gasteiger partial charge in [0.1, 0.15) is 0 Å². The first kappa shape index (κ1) is 20.5. The highest BCUT2D eigenvalue weighted by atomic mass is 16.5. The zero-order valence-electron chi connectivity index (χ0n) is 16.5. The number of hydrogen-bond donors (Lipinski definition) is 0. The van der Waals surface area contributed by atoms with E-state index in [9.17, 15) is 4.79 Å². The van der Waals surface area contributed by atoms with E-state index in [0.29, 0.717) is 12.1 Å². The van der Waals surface area contributed by atoms with Gasteiger partial charge in [0.05, 0.1) is 6.10 Å². The third-order valence-electron chi connectivity index (χ3n) is 6.55. The molecule has 0 saturated heterocycles. The third-order valence-corrected chi connectivity index (χ3v) is 6.55. The number of carbonyl (C=O) groups is 1. The number of rotatable bonds is 9. The molecule has 0 aromatic heterocycles. The molecular formula is C22H39NO2. The first-order valence-corrected chi connectivity index (χ1v) is 10.7.